The molecule has 0 unspecified atom stereocenters. The van der Waals surface area contributed by atoms with Crippen molar-refractivity contribution < 1.29 is 9.59 Å². The molecule has 0 aliphatic heterocycles. The number of halogens is 1. The van der Waals surface area contributed by atoms with Crippen LogP contribution < -0.4 is 0 Å². The summed E-state index contributed by atoms with van der Waals surface area (Å²) in [4.78, 5) is 26.6. The van der Waals surface area contributed by atoms with Crippen LogP contribution in [0.4, 0.5) is 0 Å². The van der Waals surface area contributed by atoms with Crippen LogP contribution in [0.15, 0.2) is 42.0 Å². The molecule has 2 aliphatic rings. The first-order chi connectivity index (χ1) is 11.4. The number of hydrogen-bond donors (Lipinski definition) is 0. The van der Waals surface area contributed by atoms with Crippen LogP contribution in [0.1, 0.15) is 47.1 Å². The van der Waals surface area contributed by atoms with Crippen molar-refractivity contribution in [2.45, 2.75) is 41.5 Å². The standard InChI is InChI=1S/C22H25ClO2/c1-20(2,3)16-12-22(21(4,5)6)17(24)11-15(18(22)19(16)25)13-7-9-14(23)10-8-13/h7-12,18H,1-6H3/t18-,22+/m0/s1. The van der Waals surface area contributed by atoms with Crippen molar-refractivity contribution in [3.63, 3.8) is 0 Å². The van der Waals surface area contributed by atoms with E-state index in [0.717, 1.165) is 16.7 Å². The van der Waals surface area contributed by atoms with E-state index in [1.807, 2.05) is 59.8 Å². The fourth-order valence-electron chi connectivity index (χ4n) is 4.19. The summed E-state index contributed by atoms with van der Waals surface area (Å²) in [6, 6.07) is 7.39. The van der Waals surface area contributed by atoms with Crippen LogP contribution in [0.3, 0.4) is 0 Å². The number of Topliss-reactive ketones (excluding diaryl/α,β-unsaturated/α-hetero) is 1. The molecule has 0 saturated carbocycles. The minimum absolute atomic E-state index is 0.0301. The van der Waals surface area contributed by atoms with Gasteiger partial charge in [0.1, 0.15) is 0 Å². The molecule has 0 amide bonds. The Bertz CT molecular complexity index is 813. The van der Waals surface area contributed by atoms with E-state index in [1.54, 1.807) is 18.2 Å². The van der Waals surface area contributed by atoms with Gasteiger partial charge in [0, 0.05) is 5.02 Å². The molecule has 0 heterocycles. The van der Waals surface area contributed by atoms with Crippen molar-refractivity contribution in [3.05, 3.63) is 52.6 Å². The number of rotatable bonds is 1. The van der Waals surface area contributed by atoms with Crippen LogP contribution in [0, 0.1) is 22.2 Å². The predicted molar refractivity (Wildman–Crippen MR) is 102 cm³/mol. The molecule has 2 nitrogen and oxygen atoms in total. The van der Waals surface area contributed by atoms with Gasteiger partial charge in [-0.3, -0.25) is 9.59 Å². The molecule has 0 saturated heterocycles. The van der Waals surface area contributed by atoms with Gasteiger partial charge in [-0.2, -0.15) is 0 Å². The van der Waals surface area contributed by atoms with Gasteiger partial charge in [0.2, 0.25) is 0 Å². The number of fused-ring (bicyclic) bond motifs is 1. The van der Waals surface area contributed by atoms with E-state index in [1.165, 1.54) is 0 Å². The molecule has 0 radical (unpaired) electrons. The first-order valence-corrected chi connectivity index (χ1v) is 9.07. The van der Waals surface area contributed by atoms with E-state index in [4.69, 9.17) is 11.6 Å². The average Bonchev–Trinajstić information content (AvgIpc) is 2.95. The number of benzene rings is 1. The summed E-state index contributed by atoms with van der Waals surface area (Å²) < 4.78 is 0. The quantitative estimate of drug-likeness (QED) is 0.664. The number of ketones is 2. The maximum atomic E-state index is 13.4. The number of carbonyl (C=O) groups excluding carboxylic acids is 2. The van der Waals surface area contributed by atoms with Gasteiger partial charge in [0.15, 0.2) is 11.6 Å². The maximum absolute atomic E-state index is 13.4. The molecule has 1 aromatic rings. The van der Waals surface area contributed by atoms with Gasteiger partial charge >= 0.3 is 0 Å². The third-order valence-corrected chi connectivity index (χ3v) is 5.84. The van der Waals surface area contributed by atoms with Crippen molar-refractivity contribution in [2.75, 3.05) is 0 Å². The lowest BCUT2D eigenvalue weighted by Crippen LogP contribution is -2.43. The largest absolute Gasteiger partial charge is 0.294 e. The van der Waals surface area contributed by atoms with Crippen molar-refractivity contribution in [1.29, 1.82) is 0 Å². The third-order valence-electron chi connectivity index (χ3n) is 5.59. The molecule has 3 heteroatoms. The summed E-state index contributed by atoms with van der Waals surface area (Å²) in [6.45, 7) is 12.2. The Kier molecular flexibility index (Phi) is 3.92. The summed E-state index contributed by atoms with van der Waals surface area (Å²) in [5, 5.41) is 0.641. The van der Waals surface area contributed by atoms with E-state index >= 15 is 0 Å². The minimum atomic E-state index is -0.804. The molecule has 25 heavy (non-hydrogen) atoms. The lowest BCUT2D eigenvalue weighted by Gasteiger charge is -2.40. The van der Waals surface area contributed by atoms with E-state index < -0.39 is 11.3 Å². The molecule has 2 atom stereocenters. The second kappa shape index (κ2) is 5.41. The monoisotopic (exact) mass is 356 g/mol. The van der Waals surface area contributed by atoms with E-state index in [9.17, 15) is 9.59 Å². The lowest BCUT2D eigenvalue weighted by atomic mass is 9.60. The van der Waals surface area contributed by atoms with Crippen LogP contribution in [0.25, 0.3) is 5.57 Å². The molecule has 0 fully saturated rings. The average molecular weight is 357 g/mol. The summed E-state index contributed by atoms with van der Waals surface area (Å²) >= 11 is 6.01. The highest BCUT2D eigenvalue weighted by Crippen LogP contribution is 2.61. The Balaban J connectivity index is 2.21. The van der Waals surface area contributed by atoms with Crippen molar-refractivity contribution in [3.8, 4) is 0 Å². The second-order valence-corrected chi connectivity index (χ2v) is 9.63. The van der Waals surface area contributed by atoms with Crippen LogP contribution in [0.5, 0.6) is 0 Å². The molecule has 132 valence electrons. The summed E-state index contributed by atoms with van der Waals surface area (Å²) in [6.07, 6.45) is 3.65. The number of hydrogen-bond acceptors (Lipinski definition) is 2. The fourth-order valence-corrected chi connectivity index (χ4v) is 4.31. The zero-order valence-corrected chi connectivity index (χ0v) is 16.5. The molecule has 2 aliphatic carbocycles. The van der Waals surface area contributed by atoms with Gasteiger partial charge in [0.25, 0.3) is 0 Å². The second-order valence-electron chi connectivity index (χ2n) is 9.20. The van der Waals surface area contributed by atoms with Crippen LogP contribution in [-0.4, -0.2) is 11.6 Å². The minimum Gasteiger partial charge on any atom is -0.294 e. The smallest absolute Gasteiger partial charge is 0.167 e. The number of carbonyl (C=O) groups is 2. The van der Waals surface area contributed by atoms with Gasteiger partial charge in [0.05, 0.1) is 11.3 Å². The van der Waals surface area contributed by atoms with E-state index in [-0.39, 0.29) is 22.4 Å². The zero-order valence-electron chi connectivity index (χ0n) is 15.7. The van der Waals surface area contributed by atoms with Crippen molar-refractivity contribution >= 4 is 28.7 Å². The molecular formula is C22H25ClO2. The molecule has 0 bridgehead atoms. The SMILES string of the molecule is CC(C)(C)C1=C[C@@]2(C(C)(C)C)C(=O)C=C(c3ccc(Cl)cc3)[C@H]2C1=O. The molecule has 0 aromatic heterocycles. The Labute approximate surface area is 155 Å². The first kappa shape index (κ1) is 18.1. The lowest BCUT2D eigenvalue weighted by molar-refractivity contribution is -0.132. The Morgan fingerprint density at radius 2 is 1.52 bits per heavy atom. The van der Waals surface area contributed by atoms with Gasteiger partial charge in [-0.1, -0.05) is 71.4 Å². The Hall–Kier alpha value is -1.67. The zero-order chi connectivity index (χ0) is 18.8. The van der Waals surface area contributed by atoms with Crippen LogP contribution in [0.2, 0.25) is 5.02 Å². The highest BCUT2D eigenvalue weighted by atomic mass is 35.5. The number of allylic oxidation sites excluding steroid dienone is 4. The first-order valence-electron chi connectivity index (χ1n) is 8.69. The maximum Gasteiger partial charge on any atom is 0.167 e. The molecule has 3 rings (SSSR count). The van der Waals surface area contributed by atoms with Crippen molar-refractivity contribution in [1.82, 2.24) is 0 Å². The summed E-state index contributed by atoms with van der Waals surface area (Å²) in [7, 11) is 0. The fraction of sp³-hybridized carbons (Fsp3) is 0.455. The molecular weight excluding hydrogens is 332 g/mol. The van der Waals surface area contributed by atoms with E-state index in [0.29, 0.717) is 5.02 Å². The van der Waals surface area contributed by atoms with Crippen molar-refractivity contribution in [2.24, 2.45) is 22.2 Å². The Morgan fingerprint density at radius 1 is 0.960 bits per heavy atom. The highest BCUT2D eigenvalue weighted by molar-refractivity contribution is 6.30. The normalized spacial score (nSPS) is 26.6. The summed E-state index contributed by atoms with van der Waals surface area (Å²) in [5.74, 6) is -0.340. The predicted octanol–water partition coefficient (Wildman–Crippen LogP) is 5.51. The van der Waals surface area contributed by atoms with Gasteiger partial charge in [-0.15, -0.1) is 0 Å². The molecule has 1 aromatic carbocycles. The topological polar surface area (TPSA) is 34.1 Å². The van der Waals surface area contributed by atoms with Gasteiger partial charge in [-0.25, -0.2) is 0 Å². The van der Waals surface area contributed by atoms with Crippen LogP contribution in [-0.2, 0) is 9.59 Å². The Morgan fingerprint density at radius 3 is 2.00 bits per heavy atom. The van der Waals surface area contributed by atoms with Gasteiger partial charge in [-0.05, 0) is 45.7 Å². The summed E-state index contributed by atoms with van der Waals surface area (Å²) in [5.41, 5.74) is 1.03. The molecule has 0 N–H and O–H groups in total. The van der Waals surface area contributed by atoms with Gasteiger partial charge < -0.3 is 0 Å². The highest BCUT2D eigenvalue weighted by Gasteiger charge is 2.63. The van der Waals surface area contributed by atoms with Crippen LogP contribution >= 0.6 is 11.6 Å². The molecule has 0 spiro atoms. The van der Waals surface area contributed by atoms with E-state index in [2.05, 4.69) is 0 Å². The third kappa shape index (κ3) is 2.54.